The van der Waals surface area contributed by atoms with Crippen molar-refractivity contribution in [2.45, 2.75) is 0 Å². The Morgan fingerprint density at radius 2 is 0.514 bits per heavy atom. The van der Waals surface area contributed by atoms with Gasteiger partial charge in [-0.05, 0) is 152 Å². The minimum absolute atomic E-state index is 0.209. The molecule has 6 aliphatic heterocycles. The van der Waals surface area contributed by atoms with Gasteiger partial charge in [0.05, 0.1) is 33.4 Å². The van der Waals surface area contributed by atoms with Crippen LogP contribution in [0.3, 0.4) is 0 Å². The van der Waals surface area contributed by atoms with Crippen molar-refractivity contribution in [2.75, 3.05) is 0 Å². The van der Waals surface area contributed by atoms with E-state index in [1.54, 1.807) is 0 Å². The summed E-state index contributed by atoms with van der Waals surface area (Å²) in [7, 11) is -2.67. The van der Waals surface area contributed by atoms with Crippen LogP contribution in [0.1, 0.15) is 0 Å². The molecule has 138 heavy (non-hydrogen) atoms. The Hall–Kier alpha value is -17.8. The lowest BCUT2D eigenvalue weighted by molar-refractivity contribution is 0.479. The molecule has 23 aromatic rings. The first-order chi connectivity index (χ1) is 68.4. The number of pyridine rings is 1. The number of nitrogens with zero attached hydrogens (tertiary/aromatic N) is 6. The minimum Gasteiger partial charge on any atom is -0.551 e. The molecule has 0 fully saturated rings. The monoisotopic (exact) mass is 1780 g/mol. The van der Waals surface area contributed by atoms with Crippen molar-refractivity contribution in [3.05, 3.63) is 467 Å². The molecule has 0 saturated carbocycles. The maximum atomic E-state index is 6.72. The lowest BCUT2D eigenvalue weighted by Crippen LogP contribution is -2.74. The molecule has 0 bridgehead atoms. The van der Waals surface area contributed by atoms with Gasteiger partial charge in [-0.1, -0.05) is 358 Å². The molecule has 0 amide bonds. The highest BCUT2D eigenvalue weighted by Crippen LogP contribution is 2.48. The molecular weight excluding hydrogens is 1710 g/mol. The number of aromatic nitrogens is 6. The zero-order chi connectivity index (χ0) is 90.9. The largest absolute Gasteiger partial charge is 0.551 e. The summed E-state index contributed by atoms with van der Waals surface area (Å²) in [6.45, 7) is -0.722. The molecule has 4 aromatic heterocycles. The molecule has 0 aliphatic carbocycles. The van der Waals surface area contributed by atoms with Crippen LogP contribution >= 0.6 is 0 Å². The number of para-hydroxylation sites is 10. The summed E-state index contributed by atoms with van der Waals surface area (Å²) >= 11 is 0. The summed E-state index contributed by atoms with van der Waals surface area (Å²) in [5.74, 6) is 10.1. The van der Waals surface area contributed by atoms with Gasteiger partial charge in [0.1, 0.15) is 57.6 Å². The Labute approximate surface area is 798 Å². The van der Waals surface area contributed by atoms with Crippen LogP contribution in [-0.4, -0.2) is 57.9 Å². The highest BCUT2D eigenvalue weighted by molar-refractivity contribution is 7.20. The van der Waals surface area contributed by atoms with Gasteiger partial charge in [-0.25, -0.2) is 19.9 Å². The Kier molecular flexibility index (Phi) is 19.0. The molecule has 0 atom stereocenters. The molecule has 16 heteroatoms. The summed E-state index contributed by atoms with van der Waals surface area (Å²) < 4.78 is 44.4. The molecule has 0 spiro atoms. The van der Waals surface area contributed by atoms with Gasteiger partial charge in [0.15, 0.2) is 25.5 Å². The fourth-order valence-corrected chi connectivity index (χ4v) is 26.4. The molecule has 19 aromatic carbocycles. The van der Waals surface area contributed by atoms with Crippen LogP contribution in [0, 0.1) is 0 Å². The summed E-state index contributed by atoms with van der Waals surface area (Å²) in [6.07, 6.45) is 0. The number of rotatable bonds is 11. The molecule has 12 nitrogen and oxygen atoms in total. The summed E-state index contributed by atoms with van der Waals surface area (Å²) in [5.41, 5.74) is 25.2. The second-order valence-corrected chi connectivity index (χ2v) is 39.3. The van der Waals surface area contributed by atoms with Crippen molar-refractivity contribution in [3.8, 4) is 153 Å². The first kappa shape index (κ1) is 79.9. The van der Waals surface area contributed by atoms with E-state index in [-0.39, 0.29) is 20.7 Å². The van der Waals surface area contributed by atoms with Gasteiger partial charge in [-0.15, -0.1) is 0 Å². The lowest BCUT2D eigenvalue weighted by Gasteiger charge is -2.35. The normalized spacial score (nSPS) is 12.7. The van der Waals surface area contributed by atoms with E-state index < -0.39 is 8.07 Å². The zero-order valence-electron chi connectivity index (χ0n) is 74.3. The maximum Gasteiger partial charge on any atom is 0.434 e. The summed E-state index contributed by atoms with van der Waals surface area (Å²) in [4.78, 5) is 20.3. The molecule has 0 N–H and O–H groups in total. The van der Waals surface area contributed by atoms with Gasteiger partial charge >= 0.3 is 20.7 Å². The van der Waals surface area contributed by atoms with Crippen LogP contribution in [0.15, 0.2) is 467 Å². The molecular formula is C122H77B3N6O6Si. The highest BCUT2D eigenvalue weighted by Gasteiger charge is 2.46. The second-order valence-electron chi connectivity index (χ2n) is 35.5. The van der Waals surface area contributed by atoms with E-state index in [0.29, 0.717) is 17.5 Å². The van der Waals surface area contributed by atoms with Gasteiger partial charge in [0.25, 0.3) is 0 Å². The van der Waals surface area contributed by atoms with Crippen molar-refractivity contribution in [1.82, 2.24) is 29.1 Å². The van der Waals surface area contributed by atoms with E-state index >= 15 is 0 Å². The van der Waals surface area contributed by atoms with Crippen LogP contribution in [0.5, 0.6) is 51.7 Å². The van der Waals surface area contributed by atoms with Gasteiger partial charge in [-0.2, -0.15) is 0 Å². The number of hydrogen-bond acceptors (Lipinski definition) is 10. The van der Waals surface area contributed by atoms with E-state index in [9.17, 15) is 0 Å². The van der Waals surface area contributed by atoms with Crippen LogP contribution < -0.4 is 81.7 Å². The smallest absolute Gasteiger partial charge is 0.434 e. The molecule has 0 unspecified atom stereocenters. The third-order valence-corrected chi connectivity index (χ3v) is 32.5. The first-order valence-electron chi connectivity index (χ1n) is 46.7. The van der Waals surface area contributed by atoms with E-state index in [0.717, 1.165) is 185 Å². The van der Waals surface area contributed by atoms with Gasteiger partial charge in [-0.3, -0.25) is 4.57 Å². The van der Waals surface area contributed by atoms with E-state index in [2.05, 4.69) is 331 Å². The number of benzene rings is 19. The van der Waals surface area contributed by atoms with E-state index in [1.165, 1.54) is 47.9 Å². The topological polar surface area (TPSA) is 117 Å². The Morgan fingerprint density at radius 3 is 0.935 bits per heavy atom. The zero-order valence-corrected chi connectivity index (χ0v) is 75.3. The fourth-order valence-electron chi connectivity index (χ4n) is 21.6. The quantitative estimate of drug-likeness (QED) is 0.0915. The third kappa shape index (κ3) is 13.2. The van der Waals surface area contributed by atoms with Crippen LogP contribution in [-0.2, 0) is 0 Å². The molecule has 6 aliphatic rings. The summed E-state index contributed by atoms with van der Waals surface area (Å²) in [5, 5.41) is 10.2. The minimum atomic E-state index is -2.67. The Morgan fingerprint density at radius 1 is 0.203 bits per heavy atom. The maximum absolute atomic E-state index is 6.72. The third-order valence-electron chi connectivity index (χ3n) is 27.7. The number of fused-ring (bicyclic) bond motifs is 18. The molecule has 0 radical (unpaired) electrons. The first-order valence-corrected chi connectivity index (χ1v) is 48.7. The molecule has 10 heterocycles. The predicted molar refractivity (Wildman–Crippen MR) is 563 cm³/mol. The lowest BCUT2D eigenvalue weighted by atomic mass is 9.50. The summed E-state index contributed by atoms with van der Waals surface area (Å²) in [6, 6.07) is 164. The van der Waals surface area contributed by atoms with E-state index in [4.69, 9.17) is 48.1 Å². The van der Waals surface area contributed by atoms with Crippen molar-refractivity contribution >= 4 is 126 Å². The average Bonchev–Trinajstić information content (AvgIpc) is 1.00. The SMILES string of the molecule is c1ccc(-c2nc(-c3ccccc3)nc(-c3cc4c5c(c3)-c3ccccc3OB5c3ccccc3O4)n2)cc1.c1ccc([Si](c2ccccc2)(c2ccccc2)c2cccc(-c3cc4c5c(c3)-c3ccccc3OB5c3ccccc3O4)c2)cc1.c1ccc2c(c1)Oc1cc(-c3cc(-n4c5ccccc5c5ccccc54)cc(-n4c5ccccc5c5ccccc54)n3)cc3c1B2Oc1ccccc1-3. The molecule has 644 valence electrons. The number of hydrogen-bond donors (Lipinski definition) is 0. The van der Waals surface area contributed by atoms with Crippen molar-refractivity contribution in [2.24, 2.45) is 0 Å². The standard InChI is InChI=1S/C47H28BN3O2.C42H29BO2Si.C33H20BN3O2/c1-7-19-39-31(13-1)32-14-2-8-20-40(32)50(39)30-27-38(49-46(28-30)51-41-21-9-3-15-33(41)34-16-4-10-22-42(34)51)29-25-36-35-17-5-11-23-43(35)53-48-37-18-6-12-24-44(37)52-45(26-29)47(36)48;1-4-16-32(17-5-1)46(33-18-6-2-7-19-33,34-20-8-3-9-21-34)35-22-14-15-30(27-35)31-28-37-36-23-10-12-25-39(36)45-43-38-24-11-13-26-40(38)44-41(29-31)42(37)43;1-3-11-21(12-4-1)31-35-32(22-13-5-2-6-14-22)37-33(36-31)23-19-25-24-15-7-9-17-27(24)39-34-26-16-8-10-18-28(26)38-29(20-23)30(25)34/h1-28H;1-29H;1-20H. The predicted octanol–water partition coefficient (Wildman–Crippen LogP) is 22.4. The van der Waals surface area contributed by atoms with Gasteiger partial charge in [0.2, 0.25) is 0 Å². The molecule has 0 saturated heterocycles. The van der Waals surface area contributed by atoms with Gasteiger partial charge < -0.3 is 32.7 Å². The average molecular weight is 1780 g/mol. The van der Waals surface area contributed by atoms with Gasteiger partial charge in [0, 0.05) is 99.3 Å². The Bertz CT molecular complexity index is 8460. The fraction of sp³-hybridized carbons (Fsp3) is 0. The van der Waals surface area contributed by atoms with E-state index in [1.807, 2.05) is 146 Å². The van der Waals surface area contributed by atoms with Crippen LogP contribution in [0.2, 0.25) is 0 Å². The number of ether oxygens (including phenoxy) is 3. The van der Waals surface area contributed by atoms with Crippen LogP contribution in [0.4, 0.5) is 0 Å². The second kappa shape index (κ2) is 32.8. The van der Waals surface area contributed by atoms with Crippen molar-refractivity contribution < 1.29 is 28.2 Å². The Balaban J connectivity index is 0.000000106. The van der Waals surface area contributed by atoms with Crippen LogP contribution in [0.25, 0.3) is 145 Å². The molecule has 29 rings (SSSR count). The van der Waals surface area contributed by atoms with Crippen molar-refractivity contribution in [3.63, 3.8) is 0 Å². The van der Waals surface area contributed by atoms with Crippen molar-refractivity contribution in [1.29, 1.82) is 0 Å². The highest BCUT2D eigenvalue weighted by atomic mass is 28.3.